The number of halogens is 3. The van der Waals surface area contributed by atoms with Crippen LogP contribution in [0.5, 0.6) is 0 Å². The molecule has 1 aliphatic rings. The molecule has 1 amide bonds. The van der Waals surface area contributed by atoms with Crippen LogP contribution in [-0.4, -0.2) is 33.6 Å². The molecular formula is C33H27ClF2N4O. The summed E-state index contributed by atoms with van der Waals surface area (Å²) in [6.45, 7) is 2.41. The average Bonchev–Trinajstić information content (AvgIpc) is 3.30. The fourth-order valence-corrected chi connectivity index (χ4v) is 5.47. The molecule has 2 aromatic heterocycles. The predicted molar refractivity (Wildman–Crippen MR) is 159 cm³/mol. The van der Waals surface area contributed by atoms with Gasteiger partial charge in [0.2, 0.25) is 5.95 Å². The van der Waals surface area contributed by atoms with Crippen LogP contribution in [0, 0.1) is 11.8 Å². The molecular weight excluding hydrogens is 542 g/mol. The van der Waals surface area contributed by atoms with Crippen LogP contribution < -0.4 is 5.32 Å². The lowest BCUT2D eigenvalue weighted by Crippen LogP contribution is -2.34. The predicted octanol–water partition coefficient (Wildman–Crippen LogP) is 7.46. The minimum absolute atomic E-state index is 0.183. The van der Waals surface area contributed by atoms with Crippen LogP contribution in [0.15, 0.2) is 91.1 Å². The zero-order chi connectivity index (χ0) is 28.3. The average molecular weight is 569 g/mol. The summed E-state index contributed by atoms with van der Waals surface area (Å²) in [7, 11) is 0. The van der Waals surface area contributed by atoms with Gasteiger partial charge in [-0.15, -0.1) is 0 Å². The van der Waals surface area contributed by atoms with Gasteiger partial charge in [0.15, 0.2) is 0 Å². The third-order valence-electron chi connectivity index (χ3n) is 7.39. The van der Waals surface area contributed by atoms with Crippen molar-refractivity contribution in [2.45, 2.75) is 19.5 Å². The van der Waals surface area contributed by atoms with Gasteiger partial charge >= 0.3 is 6.03 Å². The Kier molecular flexibility index (Phi) is 7.63. The first-order valence-corrected chi connectivity index (χ1v) is 13.8. The lowest BCUT2D eigenvalue weighted by Gasteiger charge is -2.27. The highest BCUT2D eigenvalue weighted by atomic mass is 35.5. The smallest absolute Gasteiger partial charge is 0.326 e. The molecule has 5 nitrogen and oxygen atoms in total. The van der Waals surface area contributed by atoms with Gasteiger partial charge in [-0.3, -0.25) is 9.47 Å². The van der Waals surface area contributed by atoms with Crippen LogP contribution in [0.4, 0.5) is 13.6 Å². The van der Waals surface area contributed by atoms with Gasteiger partial charge in [-0.25, -0.2) is 14.2 Å². The minimum Gasteiger partial charge on any atom is -0.333 e. The number of rotatable bonds is 6. The zero-order valence-corrected chi connectivity index (χ0v) is 22.9. The van der Waals surface area contributed by atoms with Gasteiger partial charge in [-0.2, -0.15) is 4.39 Å². The Labute approximate surface area is 241 Å². The fourth-order valence-electron chi connectivity index (χ4n) is 5.35. The second-order valence-electron chi connectivity index (χ2n) is 10.1. The number of pyridine rings is 1. The quantitative estimate of drug-likeness (QED) is 0.216. The van der Waals surface area contributed by atoms with Crippen molar-refractivity contribution in [1.82, 2.24) is 19.8 Å². The molecule has 0 saturated carbocycles. The van der Waals surface area contributed by atoms with Crippen molar-refractivity contribution in [3.05, 3.63) is 130 Å². The second-order valence-corrected chi connectivity index (χ2v) is 10.5. The number of nitrogens with one attached hydrogen (secondary N) is 1. The highest BCUT2D eigenvalue weighted by Crippen LogP contribution is 2.34. The van der Waals surface area contributed by atoms with E-state index in [0.29, 0.717) is 23.6 Å². The van der Waals surface area contributed by atoms with Gasteiger partial charge in [-0.05, 0) is 76.3 Å². The molecule has 5 aromatic rings. The van der Waals surface area contributed by atoms with E-state index in [9.17, 15) is 13.6 Å². The second kappa shape index (κ2) is 11.6. The maximum Gasteiger partial charge on any atom is 0.326 e. The van der Waals surface area contributed by atoms with E-state index in [1.54, 1.807) is 22.8 Å². The molecule has 41 heavy (non-hydrogen) atoms. The molecule has 3 heterocycles. The van der Waals surface area contributed by atoms with Gasteiger partial charge in [0.1, 0.15) is 5.82 Å². The summed E-state index contributed by atoms with van der Waals surface area (Å²) in [5, 5.41) is 4.64. The zero-order valence-electron chi connectivity index (χ0n) is 22.2. The number of aromatic nitrogens is 2. The maximum absolute atomic E-state index is 13.6. The fraction of sp³-hybridized carbons (Fsp3) is 0.152. The van der Waals surface area contributed by atoms with Crippen molar-refractivity contribution in [2.24, 2.45) is 0 Å². The molecule has 3 aromatic carbocycles. The molecule has 1 aliphatic heterocycles. The number of carbonyl (C=O) groups excluding carboxylic acids is 1. The van der Waals surface area contributed by atoms with Crippen molar-refractivity contribution >= 4 is 34.6 Å². The summed E-state index contributed by atoms with van der Waals surface area (Å²) in [4.78, 5) is 19.5. The van der Waals surface area contributed by atoms with Crippen LogP contribution in [0.1, 0.15) is 22.4 Å². The summed E-state index contributed by atoms with van der Waals surface area (Å²) >= 11 is 6.00. The first-order valence-electron chi connectivity index (χ1n) is 13.4. The number of nitrogens with zero attached hydrogens (tertiary/aromatic N) is 3. The topological polar surface area (TPSA) is 50.2 Å². The molecule has 6 rings (SSSR count). The molecule has 8 heteroatoms. The molecule has 0 aliphatic carbocycles. The molecule has 0 radical (unpaired) electrons. The van der Waals surface area contributed by atoms with Crippen LogP contribution in [0.3, 0.4) is 0 Å². The highest BCUT2D eigenvalue weighted by Gasteiger charge is 2.26. The lowest BCUT2D eigenvalue weighted by atomic mass is 10.00. The van der Waals surface area contributed by atoms with Crippen molar-refractivity contribution in [3.63, 3.8) is 0 Å². The van der Waals surface area contributed by atoms with Gasteiger partial charge in [0.05, 0.1) is 5.52 Å². The summed E-state index contributed by atoms with van der Waals surface area (Å²) < 4.78 is 28.9. The molecule has 0 saturated heterocycles. The minimum atomic E-state index is -0.584. The Morgan fingerprint density at radius 2 is 1.76 bits per heavy atom. The van der Waals surface area contributed by atoms with E-state index in [1.807, 2.05) is 36.4 Å². The van der Waals surface area contributed by atoms with E-state index < -0.39 is 5.95 Å². The van der Waals surface area contributed by atoms with Crippen molar-refractivity contribution in [1.29, 1.82) is 0 Å². The Hall–Kier alpha value is -4.33. The molecule has 0 atom stereocenters. The van der Waals surface area contributed by atoms with E-state index >= 15 is 0 Å². The number of amides is 1. The standard InChI is InChI=1S/C33H27ClF2N4O/c34-26-8-3-22(4-9-26)2-1-16-39-17-14-31-29(21-39)28-19-25(24-5-10-27(35)11-6-24)7-12-30(28)40(31)33(41)38-20-23-13-15-37-32(36)18-23/h1-13,15,18-19H,14,16-17,20-21H2,(H,38,41). The number of carbonyl (C=O) groups is 1. The first kappa shape index (κ1) is 26.9. The van der Waals surface area contributed by atoms with Crippen molar-refractivity contribution < 1.29 is 13.6 Å². The lowest BCUT2D eigenvalue weighted by molar-refractivity contribution is 0.240. The van der Waals surface area contributed by atoms with Crippen LogP contribution >= 0.6 is 11.6 Å². The van der Waals surface area contributed by atoms with E-state index in [2.05, 4.69) is 33.4 Å². The van der Waals surface area contributed by atoms with E-state index in [0.717, 1.165) is 51.9 Å². The number of benzene rings is 3. The van der Waals surface area contributed by atoms with Gasteiger partial charge < -0.3 is 5.32 Å². The molecule has 1 N–H and O–H groups in total. The van der Waals surface area contributed by atoms with Crippen molar-refractivity contribution in [3.8, 4) is 11.1 Å². The molecule has 0 fully saturated rings. The van der Waals surface area contributed by atoms with Crippen LogP contribution in [0.25, 0.3) is 28.1 Å². The van der Waals surface area contributed by atoms with Gasteiger partial charge in [-0.1, -0.05) is 54.1 Å². The van der Waals surface area contributed by atoms with E-state index in [4.69, 9.17) is 11.6 Å². The van der Waals surface area contributed by atoms with Gasteiger partial charge in [0.25, 0.3) is 0 Å². The number of hydrogen-bond donors (Lipinski definition) is 1. The molecule has 0 spiro atoms. The first-order chi connectivity index (χ1) is 19.9. The van der Waals surface area contributed by atoms with Crippen molar-refractivity contribution in [2.75, 3.05) is 13.1 Å². The largest absolute Gasteiger partial charge is 0.333 e. The van der Waals surface area contributed by atoms with E-state index in [1.165, 1.54) is 24.4 Å². The SMILES string of the molecule is O=C(NCc1ccnc(F)c1)n1c2c(c3cc(-c4ccc(F)cc4)ccc31)CN(CC=Cc1ccc(Cl)cc1)CC2. The molecule has 0 unspecified atom stereocenters. The Balaban J connectivity index is 1.31. The van der Waals surface area contributed by atoms with Crippen LogP contribution in [0.2, 0.25) is 5.02 Å². The Bertz CT molecular complexity index is 1750. The third-order valence-corrected chi connectivity index (χ3v) is 7.64. The number of hydrogen-bond acceptors (Lipinski definition) is 3. The summed E-state index contributed by atoms with van der Waals surface area (Å²) in [6, 6.07) is 22.8. The summed E-state index contributed by atoms with van der Waals surface area (Å²) in [5.41, 5.74) is 6.43. The van der Waals surface area contributed by atoms with E-state index in [-0.39, 0.29) is 18.4 Å². The highest BCUT2D eigenvalue weighted by molar-refractivity contribution is 6.30. The number of fused-ring (bicyclic) bond motifs is 3. The molecule has 0 bridgehead atoms. The Morgan fingerprint density at radius 3 is 2.54 bits per heavy atom. The maximum atomic E-state index is 13.6. The normalized spacial score (nSPS) is 13.5. The monoisotopic (exact) mass is 568 g/mol. The Morgan fingerprint density at radius 1 is 0.976 bits per heavy atom. The summed E-state index contributed by atoms with van der Waals surface area (Å²) in [5.74, 6) is -0.870. The van der Waals surface area contributed by atoms with Gasteiger partial charge in [0, 0.05) is 54.9 Å². The van der Waals surface area contributed by atoms with Crippen LogP contribution in [-0.2, 0) is 19.5 Å². The molecule has 206 valence electrons. The third kappa shape index (κ3) is 5.92. The summed E-state index contributed by atoms with van der Waals surface area (Å²) in [6.07, 6.45) is 6.30.